The Kier molecular flexibility index (Phi) is 5.68. The Bertz CT molecular complexity index is 1050. The van der Waals surface area contributed by atoms with E-state index in [1.54, 1.807) is 12.1 Å². The van der Waals surface area contributed by atoms with Gasteiger partial charge in [-0.15, -0.1) is 0 Å². The van der Waals surface area contributed by atoms with Crippen molar-refractivity contribution in [1.29, 1.82) is 0 Å². The number of halogens is 1. The Balaban J connectivity index is 1.50. The molecule has 166 valence electrons. The second-order valence-electron chi connectivity index (χ2n) is 9.06. The molecule has 3 aliphatic heterocycles. The maximum Gasteiger partial charge on any atom is 0.282 e. The van der Waals surface area contributed by atoms with Gasteiger partial charge in [0.15, 0.2) is 0 Å². The summed E-state index contributed by atoms with van der Waals surface area (Å²) < 4.78 is 0. The van der Waals surface area contributed by atoms with Crippen molar-refractivity contribution in [3.05, 3.63) is 64.8 Å². The zero-order valence-corrected chi connectivity index (χ0v) is 19.1. The van der Waals surface area contributed by atoms with Crippen molar-refractivity contribution in [3.63, 3.8) is 0 Å². The number of hydrogen-bond donors (Lipinski definition) is 0. The molecule has 3 aliphatic rings. The lowest BCUT2D eigenvalue weighted by atomic mass is 9.97. The molecule has 0 N–H and O–H groups in total. The largest absolute Gasteiger partial charge is 0.372 e. The van der Waals surface area contributed by atoms with E-state index in [1.165, 1.54) is 17.7 Å². The molecular formula is C26H28ClN3O2. The van der Waals surface area contributed by atoms with Gasteiger partial charge in [-0.05, 0) is 73.6 Å². The third kappa shape index (κ3) is 3.79. The average Bonchev–Trinajstić information content (AvgIpc) is 3.42. The molecular weight excluding hydrogens is 422 g/mol. The van der Waals surface area contributed by atoms with E-state index < -0.39 is 0 Å². The van der Waals surface area contributed by atoms with Crippen LogP contribution in [0.15, 0.2) is 54.2 Å². The van der Waals surface area contributed by atoms with Crippen LogP contribution >= 0.6 is 11.6 Å². The second kappa shape index (κ2) is 8.62. The number of carbonyl (C=O) groups excluding carboxylic acids is 2. The monoisotopic (exact) mass is 449 g/mol. The van der Waals surface area contributed by atoms with E-state index in [0.717, 1.165) is 50.3 Å². The van der Waals surface area contributed by atoms with E-state index in [2.05, 4.69) is 16.7 Å². The molecule has 0 bridgehead atoms. The Morgan fingerprint density at radius 3 is 1.97 bits per heavy atom. The number of benzene rings is 2. The quantitative estimate of drug-likeness (QED) is 0.619. The van der Waals surface area contributed by atoms with Gasteiger partial charge in [-0.2, -0.15) is 0 Å². The molecule has 32 heavy (non-hydrogen) atoms. The normalized spacial score (nSPS) is 20.1. The van der Waals surface area contributed by atoms with E-state index >= 15 is 0 Å². The van der Waals surface area contributed by atoms with Crippen molar-refractivity contribution in [2.75, 3.05) is 36.0 Å². The first-order chi connectivity index (χ1) is 15.5. The summed E-state index contributed by atoms with van der Waals surface area (Å²) >= 11 is 6.08. The first-order valence-electron chi connectivity index (χ1n) is 11.5. The number of hydrogen-bond acceptors (Lipinski definition) is 4. The molecule has 0 unspecified atom stereocenters. The maximum absolute atomic E-state index is 13.7. The summed E-state index contributed by atoms with van der Waals surface area (Å²) in [6.07, 6.45) is 4.45. The average molecular weight is 450 g/mol. The van der Waals surface area contributed by atoms with Gasteiger partial charge in [0.2, 0.25) is 0 Å². The van der Waals surface area contributed by atoms with Crippen molar-refractivity contribution in [2.45, 2.75) is 32.6 Å². The van der Waals surface area contributed by atoms with Crippen LogP contribution in [-0.4, -0.2) is 42.9 Å². The molecule has 0 atom stereocenters. The number of rotatable bonds is 4. The zero-order chi connectivity index (χ0) is 22.2. The number of imide groups is 1. The van der Waals surface area contributed by atoms with Crippen LogP contribution in [0.25, 0.3) is 5.57 Å². The summed E-state index contributed by atoms with van der Waals surface area (Å²) in [5, 5.41) is 0.605. The minimum Gasteiger partial charge on any atom is -0.372 e. The van der Waals surface area contributed by atoms with E-state index in [0.29, 0.717) is 27.9 Å². The molecule has 6 heteroatoms. The van der Waals surface area contributed by atoms with Crippen molar-refractivity contribution in [2.24, 2.45) is 5.92 Å². The summed E-state index contributed by atoms with van der Waals surface area (Å²) in [7, 11) is 0. The molecule has 0 aliphatic carbocycles. The van der Waals surface area contributed by atoms with Gasteiger partial charge in [0.25, 0.3) is 11.8 Å². The second-order valence-corrected chi connectivity index (χ2v) is 9.49. The first kappa shape index (κ1) is 21.1. The highest BCUT2D eigenvalue weighted by atomic mass is 35.5. The lowest BCUT2D eigenvalue weighted by Crippen LogP contribution is -2.38. The smallest absolute Gasteiger partial charge is 0.282 e. The Morgan fingerprint density at radius 1 is 0.750 bits per heavy atom. The van der Waals surface area contributed by atoms with E-state index in [-0.39, 0.29) is 11.8 Å². The number of piperidine rings is 1. The fourth-order valence-electron chi connectivity index (χ4n) is 4.94. The zero-order valence-electron chi connectivity index (χ0n) is 18.4. The minimum atomic E-state index is -0.264. The standard InChI is InChI=1S/C26H28ClN3O2/c1-18-12-16-29(17-13-18)24-23(19-4-6-20(27)7-5-19)25(31)30(26(24)32)22-10-8-21(9-11-22)28-14-2-3-15-28/h4-11,18H,2-3,12-17H2,1H3. The molecule has 0 aromatic heterocycles. The molecule has 2 amide bonds. The summed E-state index contributed by atoms with van der Waals surface area (Å²) in [6.45, 7) is 5.92. The molecule has 2 aromatic rings. The number of amides is 2. The predicted molar refractivity (Wildman–Crippen MR) is 129 cm³/mol. The Labute approximate surface area is 194 Å². The number of nitrogens with zero attached hydrogens (tertiary/aromatic N) is 3. The van der Waals surface area contributed by atoms with Crippen molar-refractivity contribution < 1.29 is 9.59 Å². The molecule has 2 saturated heterocycles. The molecule has 5 rings (SSSR count). The van der Waals surface area contributed by atoms with Gasteiger partial charge in [0.1, 0.15) is 5.70 Å². The molecule has 0 saturated carbocycles. The van der Waals surface area contributed by atoms with Crippen LogP contribution < -0.4 is 9.80 Å². The number of anilines is 2. The highest BCUT2D eigenvalue weighted by Gasteiger charge is 2.43. The molecule has 0 radical (unpaired) electrons. The number of carbonyl (C=O) groups is 2. The van der Waals surface area contributed by atoms with Crippen LogP contribution in [0.4, 0.5) is 11.4 Å². The fraction of sp³-hybridized carbons (Fsp3) is 0.385. The first-order valence-corrected chi connectivity index (χ1v) is 11.9. The fourth-order valence-corrected chi connectivity index (χ4v) is 5.07. The third-order valence-corrected chi connectivity index (χ3v) is 7.12. The summed E-state index contributed by atoms with van der Waals surface area (Å²) in [4.78, 5) is 33.1. The topological polar surface area (TPSA) is 43.9 Å². The van der Waals surface area contributed by atoms with Gasteiger partial charge in [-0.3, -0.25) is 9.59 Å². The van der Waals surface area contributed by atoms with Crippen molar-refractivity contribution in [1.82, 2.24) is 4.90 Å². The molecule has 2 fully saturated rings. The predicted octanol–water partition coefficient (Wildman–Crippen LogP) is 4.96. The Morgan fingerprint density at radius 2 is 1.34 bits per heavy atom. The Hall–Kier alpha value is -2.79. The third-order valence-electron chi connectivity index (χ3n) is 6.87. The SMILES string of the molecule is CC1CCN(C2=C(c3ccc(Cl)cc3)C(=O)N(c3ccc(N4CCCC4)cc3)C2=O)CC1. The van der Waals surface area contributed by atoms with Crippen LogP contribution in [0.5, 0.6) is 0 Å². The van der Waals surface area contributed by atoms with Gasteiger partial charge in [0, 0.05) is 36.9 Å². The van der Waals surface area contributed by atoms with Crippen molar-refractivity contribution in [3.8, 4) is 0 Å². The van der Waals surface area contributed by atoms with E-state index in [4.69, 9.17) is 11.6 Å². The van der Waals surface area contributed by atoms with Gasteiger partial charge < -0.3 is 9.80 Å². The lowest BCUT2D eigenvalue weighted by molar-refractivity contribution is -0.120. The van der Waals surface area contributed by atoms with Crippen LogP contribution in [0, 0.1) is 5.92 Å². The molecule has 0 spiro atoms. The molecule has 2 aromatic carbocycles. The van der Waals surface area contributed by atoms with E-state index in [1.807, 2.05) is 36.4 Å². The van der Waals surface area contributed by atoms with E-state index in [9.17, 15) is 9.59 Å². The van der Waals surface area contributed by atoms with Crippen LogP contribution in [0.1, 0.15) is 38.2 Å². The molecule has 3 heterocycles. The van der Waals surface area contributed by atoms with Gasteiger partial charge in [-0.1, -0.05) is 30.7 Å². The van der Waals surface area contributed by atoms with Gasteiger partial charge in [0.05, 0.1) is 11.3 Å². The van der Waals surface area contributed by atoms with Crippen LogP contribution in [0.3, 0.4) is 0 Å². The number of likely N-dealkylation sites (tertiary alicyclic amines) is 1. The highest BCUT2D eigenvalue weighted by molar-refractivity contribution is 6.45. The van der Waals surface area contributed by atoms with Crippen LogP contribution in [0.2, 0.25) is 5.02 Å². The van der Waals surface area contributed by atoms with Crippen molar-refractivity contribution >= 4 is 40.4 Å². The lowest BCUT2D eigenvalue weighted by Gasteiger charge is -2.32. The van der Waals surface area contributed by atoms with Crippen LogP contribution in [-0.2, 0) is 9.59 Å². The maximum atomic E-state index is 13.7. The summed E-state index contributed by atoms with van der Waals surface area (Å²) in [5.41, 5.74) is 3.49. The summed E-state index contributed by atoms with van der Waals surface area (Å²) in [6, 6.07) is 15.0. The van der Waals surface area contributed by atoms with Gasteiger partial charge >= 0.3 is 0 Å². The van der Waals surface area contributed by atoms with Gasteiger partial charge in [-0.25, -0.2) is 4.90 Å². The summed E-state index contributed by atoms with van der Waals surface area (Å²) in [5.74, 6) is 0.135. The highest BCUT2D eigenvalue weighted by Crippen LogP contribution is 2.37. The molecule has 5 nitrogen and oxygen atoms in total. The minimum absolute atomic E-state index is 0.233.